The minimum Gasteiger partial charge on any atom is -0.382 e. The fraction of sp³-hybridized carbons (Fsp3) is 0.550. The minimum atomic E-state index is -3.99. The SMILES string of the molecule is O=c1c(Cl)c(NC[C@H]2CCCOC2)cnn1[C@@H]1CCN(S(=O)(=O)c2ccc(Cl)cn2)C[C@H]1F. The lowest BCUT2D eigenvalue weighted by atomic mass is 10.0. The van der Waals surface area contributed by atoms with Gasteiger partial charge in [-0.25, -0.2) is 22.5 Å². The molecule has 0 aromatic carbocycles. The van der Waals surface area contributed by atoms with Crippen LogP contribution in [0.4, 0.5) is 10.1 Å². The highest BCUT2D eigenvalue weighted by Crippen LogP contribution is 2.29. The summed E-state index contributed by atoms with van der Waals surface area (Å²) in [5.41, 5.74) is -0.238. The van der Waals surface area contributed by atoms with Crippen molar-refractivity contribution in [3.63, 3.8) is 0 Å². The molecule has 4 rings (SSSR count). The van der Waals surface area contributed by atoms with Crippen molar-refractivity contribution in [2.75, 3.05) is 38.2 Å². The van der Waals surface area contributed by atoms with Gasteiger partial charge >= 0.3 is 0 Å². The number of sulfonamides is 1. The first-order valence-corrected chi connectivity index (χ1v) is 12.8. The molecular formula is C20H24Cl2FN5O4S. The van der Waals surface area contributed by atoms with E-state index in [1.54, 1.807) is 0 Å². The molecule has 4 heterocycles. The number of aromatic nitrogens is 3. The lowest BCUT2D eigenvalue weighted by Gasteiger charge is -2.34. The van der Waals surface area contributed by atoms with Crippen LogP contribution in [-0.4, -0.2) is 66.5 Å². The summed E-state index contributed by atoms with van der Waals surface area (Å²) in [5.74, 6) is 0.314. The number of nitrogens with one attached hydrogen (secondary N) is 1. The highest BCUT2D eigenvalue weighted by Gasteiger charge is 2.38. The van der Waals surface area contributed by atoms with Crippen LogP contribution in [0.2, 0.25) is 10.0 Å². The largest absolute Gasteiger partial charge is 0.382 e. The molecule has 180 valence electrons. The Hall–Kier alpha value is -1.79. The first kappa shape index (κ1) is 24.3. The second-order valence-electron chi connectivity index (χ2n) is 8.14. The lowest BCUT2D eigenvalue weighted by molar-refractivity contribution is 0.0595. The molecule has 2 aliphatic rings. The number of halogens is 3. The number of rotatable bonds is 6. The third kappa shape index (κ3) is 5.32. The van der Waals surface area contributed by atoms with Gasteiger partial charge in [0.2, 0.25) is 0 Å². The van der Waals surface area contributed by atoms with Crippen LogP contribution in [0.5, 0.6) is 0 Å². The van der Waals surface area contributed by atoms with Gasteiger partial charge in [0.15, 0.2) is 5.03 Å². The van der Waals surface area contributed by atoms with Crippen LogP contribution in [-0.2, 0) is 14.8 Å². The van der Waals surface area contributed by atoms with E-state index in [0.717, 1.165) is 28.4 Å². The zero-order valence-electron chi connectivity index (χ0n) is 17.7. The summed E-state index contributed by atoms with van der Waals surface area (Å²) in [4.78, 5) is 16.6. The van der Waals surface area contributed by atoms with E-state index in [0.29, 0.717) is 29.8 Å². The fourth-order valence-corrected chi connectivity index (χ4v) is 5.72. The predicted octanol–water partition coefficient (Wildman–Crippen LogP) is 2.76. The molecule has 9 nitrogen and oxygen atoms in total. The fourth-order valence-electron chi connectivity index (χ4n) is 4.03. The Balaban J connectivity index is 1.45. The molecule has 2 fully saturated rings. The van der Waals surface area contributed by atoms with Crippen LogP contribution in [0.25, 0.3) is 0 Å². The van der Waals surface area contributed by atoms with E-state index in [1.165, 1.54) is 24.5 Å². The van der Waals surface area contributed by atoms with Crippen molar-refractivity contribution in [2.45, 2.75) is 36.5 Å². The van der Waals surface area contributed by atoms with Crippen molar-refractivity contribution in [1.82, 2.24) is 19.1 Å². The Morgan fingerprint density at radius 1 is 1.24 bits per heavy atom. The third-order valence-corrected chi connectivity index (χ3v) is 8.24. The van der Waals surface area contributed by atoms with E-state index < -0.39 is 34.3 Å². The van der Waals surface area contributed by atoms with Crippen LogP contribution in [0.3, 0.4) is 0 Å². The summed E-state index contributed by atoms with van der Waals surface area (Å²) >= 11 is 12.0. The molecule has 0 unspecified atom stereocenters. The van der Waals surface area contributed by atoms with E-state index in [4.69, 9.17) is 27.9 Å². The Morgan fingerprint density at radius 3 is 2.73 bits per heavy atom. The van der Waals surface area contributed by atoms with Gasteiger partial charge in [0, 0.05) is 32.4 Å². The van der Waals surface area contributed by atoms with Crippen molar-refractivity contribution < 1.29 is 17.5 Å². The van der Waals surface area contributed by atoms with Crippen molar-refractivity contribution >= 4 is 38.9 Å². The highest BCUT2D eigenvalue weighted by molar-refractivity contribution is 7.89. The molecule has 13 heteroatoms. The number of ether oxygens (including phenoxy) is 1. The topological polar surface area (TPSA) is 106 Å². The number of nitrogens with zero attached hydrogens (tertiary/aromatic N) is 4. The van der Waals surface area contributed by atoms with Crippen molar-refractivity contribution in [2.24, 2.45) is 5.92 Å². The number of alkyl halides is 1. The van der Waals surface area contributed by atoms with Gasteiger partial charge in [-0.05, 0) is 37.3 Å². The molecule has 0 radical (unpaired) electrons. The molecule has 0 amide bonds. The smallest absolute Gasteiger partial charge is 0.288 e. The average molecular weight is 520 g/mol. The number of pyridine rings is 1. The number of anilines is 1. The van der Waals surface area contributed by atoms with Crippen LogP contribution >= 0.6 is 23.2 Å². The van der Waals surface area contributed by atoms with Gasteiger partial charge in [0.1, 0.15) is 11.2 Å². The maximum Gasteiger partial charge on any atom is 0.288 e. The van der Waals surface area contributed by atoms with Gasteiger partial charge in [-0.3, -0.25) is 4.79 Å². The summed E-state index contributed by atoms with van der Waals surface area (Å²) < 4.78 is 48.1. The van der Waals surface area contributed by atoms with Gasteiger partial charge in [-0.1, -0.05) is 23.2 Å². The maximum atomic E-state index is 15.1. The van der Waals surface area contributed by atoms with E-state index in [9.17, 15) is 13.2 Å². The summed E-state index contributed by atoms with van der Waals surface area (Å²) in [6.07, 6.45) is 3.03. The molecule has 0 aliphatic carbocycles. The van der Waals surface area contributed by atoms with E-state index in [-0.39, 0.29) is 23.0 Å². The summed E-state index contributed by atoms with van der Waals surface area (Å²) in [6, 6.07) is 1.75. The van der Waals surface area contributed by atoms with Gasteiger partial charge in [-0.15, -0.1) is 0 Å². The molecule has 0 spiro atoms. The second-order valence-corrected chi connectivity index (χ2v) is 10.8. The van der Waals surface area contributed by atoms with Crippen molar-refractivity contribution in [3.05, 3.63) is 44.9 Å². The van der Waals surface area contributed by atoms with Crippen LogP contribution in [0, 0.1) is 5.92 Å². The maximum absolute atomic E-state index is 15.1. The van der Waals surface area contributed by atoms with Crippen molar-refractivity contribution in [1.29, 1.82) is 0 Å². The average Bonchev–Trinajstić information content (AvgIpc) is 2.81. The molecule has 33 heavy (non-hydrogen) atoms. The lowest BCUT2D eigenvalue weighted by Crippen LogP contribution is -2.48. The van der Waals surface area contributed by atoms with Gasteiger partial charge < -0.3 is 10.1 Å². The summed E-state index contributed by atoms with van der Waals surface area (Å²) in [6.45, 7) is 1.57. The number of hydrogen-bond acceptors (Lipinski definition) is 7. The standard InChI is InChI=1S/C20H24Cl2FN5O4S/c21-14-3-4-18(25-9-14)33(30,31)27-6-5-17(15(23)11-27)28-20(29)19(22)16(10-26-28)24-8-13-2-1-7-32-12-13/h3-4,9-10,13,15,17,24H,1-2,5-8,11-12H2/t13-,15-,17-/m1/s1. The molecule has 2 aromatic rings. The Kier molecular flexibility index (Phi) is 7.54. The molecule has 3 atom stereocenters. The first-order valence-electron chi connectivity index (χ1n) is 10.6. The molecule has 1 N–H and O–H groups in total. The normalized spacial score (nSPS) is 24.5. The first-order chi connectivity index (χ1) is 15.8. The summed E-state index contributed by atoms with van der Waals surface area (Å²) in [7, 11) is -3.99. The van der Waals surface area contributed by atoms with Gasteiger partial charge in [0.25, 0.3) is 15.6 Å². The molecule has 2 aliphatic heterocycles. The minimum absolute atomic E-state index is 0.00511. The molecule has 2 aromatic heterocycles. The zero-order valence-corrected chi connectivity index (χ0v) is 20.0. The van der Waals surface area contributed by atoms with E-state index >= 15 is 4.39 Å². The third-order valence-electron chi connectivity index (χ3n) is 5.87. The van der Waals surface area contributed by atoms with Crippen molar-refractivity contribution in [3.8, 4) is 0 Å². The highest BCUT2D eigenvalue weighted by atomic mass is 35.5. The molecule has 0 bridgehead atoms. The van der Waals surface area contributed by atoms with E-state index in [2.05, 4.69) is 15.4 Å². The molecule has 2 saturated heterocycles. The summed E-state index contributed by atoms with van der Waals surface area (Å²) in [5, 5.41) is 7.26. The molecular weight excluding hydrogens is 496 g/mol. The Bertz CT molecular complexity index is 1140. The second kappa shape index (κ2) is 10.2. The monoisotopic (exact) mass is 519 g/mol. The zero-order chi connectivity index (χ0) is 23.6. The van der Waals surface area contributed by atoms with E-state index in [1.807, 2.05) is 0 Å². The number of piperidine rings is 1. The number of hydrogen-bond donors (Lipinski definition) is 1. The predicted molar refractivity (Wildman–Crippen MR) is 122 cm³/mol. The molecule has 0 saturated carbocycles. The quantitative estimate of drug-likeness (QED) is 0.625. The van der Waals surface area contributed by atoms with Crippen LogP contribution < -0.4 is 10.9 Å². The van der Waals surface area contributed by atoms with Crippen LogP contribution in [0.15, 0.2) is 34.3 Å². The van der Waals surface area contributed by atoms with Gasteiger partial charge in [0.05, 0.1) is 29.6 Å². The Morgan fingerprint density at radius 2 is 2.06 bits per heavy atom. The van der Waals surface area contributed by atoms with Gasteiger partial charge in [-0.2, -0.15) is 9.40 Å². The van der Waals surface area contributed by atoms with Crippen LogP contribution in [0.1, 0.15) is 25.3 Å². The Labute approximate surface area is 200 Å².